The van der Waals surface area contributed by atoms with Crippen LogP contribution in [-0.4, -0.2) is 52.7 Å². The number of nitrogens with zero attached hydrogens (tertiary/aromatic N) is 2. The van der Waals surface area contributed by atoms with Crippen molar-refractivity contribution < 1.29 is 23.2 Å². The van der Waals surface area contributed by atoms with Gasteiger partial charge < -0.3 is 15.1 Å². The Balaban J connectivity index is 1.07. The molecule has 0 aromatic heterocycles. The number of likely N-dealkylation sites (tertiary alicyclic amines) is 2. The van der Waals surface area contributed by atoms with Gasteiger partial charge in [-0.05, 0) is 91.1 Å². The lowest BCUT2D eigenvalue weighted by Crippen LogP contribution is -2.66. The first-order chi connectivity index (χ1) is 20.3. The van der Waals surface area contributed by atoms with Crippen LogP contribution in [0, 0.1) is 11.6 Å². The zero-order valence-corrected chi connectivity index (χ0v) is 22.9. The maximum Gasteiger partial charge on any atom is 0.257 e. The maximum atomic E-state index is 15.1. The van der Waals surface area contributed by atoms with E-state index in [1.165, 1.54) is 24.3 Å². The minimum absolute atomic E-state index is 0.0119. The Labute approximate surface area is 242 Å². The molecule has 6 rings (SSSR count). The Kier molecular flexibility index (Phi) is 7.29. The zero-order chi connectivity index (χ0) is 29.3. The molecule has 0 aliphatic carbocycles. The molecule has 0 unspecified atom stereocenters. The third-order valence-electron chi connectivity index (χ3n) is 8.40. The number of carbonyl (C=O) groups excluding carboxylic acids is 3. The van der Waals surface area contributed by atoms with Gasteiger partial charge in [0, 0.05) is 42.0 Å². The highest BCUT2D eigenvalue weighted by atomic mass is 19.1. The predicted molar refractivity (Wildman–Crippen MR) is 156 cm³/mol. The van der Waals surface area contributed by atoms with Gasteiger partial charge in [0.15, 0.2) is 0 Å². The predicted octanol–water partition coefficient (Wildman–Crippen LogP) is 6.41. The molecule has 42 heavy (non-hydrogen) atoms. The number of amides is 3. The quantitative estimate of drug-likeness (QED) is 0.304. The van der Waals surface area contributed by atoms with Gasteiger partial charge in [-0.25, -0.2) is 8.78 Å². The van der Waals surface area contributed by atoms with E-state index in [1.807, 2.05) is 6.07 Å². The van der Waals surface area contributed by atoms with Gasteiger partial charge in [0.2, 0.25) is 0 Å². The SMILES string of the molecule is O=C(Nc1ccc(C(=O)N2CCC3(CC2)CCN3C(=O)c2ccc(-c3ccc(F)cc3)cc2F)cc1)c1ccccc1. The number of piperidine rings is 1. The molecule has 1 spiro atoms. The minimum Gasteiger partial charge on any atom is -0.338 e. The van der Waals surface area contributed by atoms with E-state index < -0.39 is 5.82 Å². The van der Waals surface area contributed by atoms with Crippen LogP contribution < -0.4 is 5.32 Å². The van der Waals surface area contributed by atoms with E-state index in [4.69, 9.17) is 0 Å². The number of halogens is 2. The summed E-state index contributed by atoms with van der Waals surface area (Å²) in [5.41, 5.74) is 2.53. The molecule has 2 aliphatic heterocycles. The lowest BCUT2D eigenvalue weighted by atomic mass is 9.75. The summed E-state index contributed by atoms with van der Waals surface area (Å²) in [6.45, 7) is 1.52. The van der Waals surface area contributed by atoms with Gasteiger partial charge in [0.1, 0.15) is 11.6 Å². The van der Waals surface area contributed by atoms with Crippen LogP contribution in [0.3, 0.4) is 0 Å². The van der Waals surface area contributed by atoms with Crippen molar-refractivity contribution >= 4 is 23.4 Å². The monoisotopic (exact) mass is 565 g/mol. The van der Waals surface area contributed by atoms with Crippen molar-refractivity contribution in [3.63, 3.8) is 0 Å². The van der Waals surface area contributed by atoms with E-state index in [0.29, 0.717) is 60.4 Å². The first-order valence-electron chi connectivity index (χ1n) is 14.0. The van der Waals surface area contributed by atoms with E-state index in [-0.39, 0.29) is 34.6 Å². The van der Waals surface area contributed by atoms with Crippen molar-refractivity contribution in [2.45, 2.75) is 24.8 Å². The smallest absolute Gasteiger partial charge is 0.257 e. The number of nitrogens with one attached hydrogen (secondary N) is 1. The second-order valence-corrected chi connectivity index (χ2v) is 10.8. The normalized spacial score (nSPS) is 15.7. The molecule has 0 bridgehead atoms. The van der Waals surface area contributed by atoms with Gasteiger partial charge in [-0.15, -0.1) is 0 Å². The summed E-state index contributed by atoms with van der Waals surface area (Å²) in [7, 11) is 0. The molecular formula is C34H29F2N3O3. The lowest BCUT2D eigenvalue weighted by Gasteiger charge is -2.56. The molecule has 2 fully saturated rings. The van der Waals surface area contributed by atoms with Gasteiger partial charge >= 0.3 is 0 Å². The largest absolute Gasteiger partial charge is 0.338 e. The lowest BCUT2D eigenvalue weighted by molar-refractivity contribution is -0.0350. The summed E-state index contributed by atoms with van der Waals surface area (Å²) in [4.78, 5) is 42.5. The number of carbonyl (C=O) groups is 3. The Morgan fingerprint density at radius 3 is 1.93 bits per heavy atom. The molecular weight excluding hydrogens is 536 g/mol. The molecule has 4 aromatic rings. The highest BCUT2D eigenvalue weighted by Crippen LogP contribution is 2.41. The summed E-state index contributed by atoms with van der Waals surface area (Å²) in [6.07, 6.45) is 2.04. The van der Waals surface area contributed by atoms with Crippen LogP contribution in [0.5, 0.6) is 0 Å². The Morgan fingerprint density at radius 1 is 0.667 bits per heavy atom. The van der Waals surface area contributed by atoms with Crippen LogP contribution in [0.1, 0.15) is 50.3 Å². The molecule has 2 saturated heterocycles. The fraction of sp³-hybridized carbons (Fsp3) is 0.206. The van der Waals surface area contributed by atoms with Crippen LogP contribution in [0.4, 0.5) is 14.5 Å². The average molecular weight is 566 g/mol. The summed E-state index contributed by atoms with van der Waals surface area (Å²) >= 11 is 0. The molecule has 2 heterocycles. The van der Waals surface area contributed by atoms with Crippen LogP contribution in [0.15, 0.2) is 97.1 Å². The first-order valence-corrected chi connectivity index (χ1v) is 14.0. The number of hydrogen-bond donors (Lipinski definition) is 1. The van der Waals surface area contributed by atoms with E-state index in [1.54, 1.807) is 76.5 Å². The summed E-state index contributed by atoms with van der Waals surface area (Å²) < 4.78 is 28.3. The van der Waals surface area contributed by atoms with Gasteiger partial charge in [0.25, 0.3) is 17.7 Å². The van der Waals surface area contributed by atoms with Gasteiger partial charge in [-0.1, -0.05) is 36.4 Å². The van der Waals surface area contributed by atoms with Gasteiger partial charge in [-0.3, -0.25) is 14.4 Å². The molecule has 6 nitrogen and oxygen atoms in total. The first kappa shape index (κ1) is 27.3. The topological polar surface area (TPSA) is 69.7 Å². The van der Waals surface area contributed by atoms with E-state index >= 15 is 4.39 Å². The number of rotatable bonds is 5. The second kappa shape index (κ2) is 11.2. The van der Waals surface area contributed by atoms with E-state index in [9.17, 15) is 18.8 Å². The van der Waals surface area contributed by atoms with E-state index in [0.717, 1.165) is 6.42 Å². The molecule has 212 valence electrons. The highest BCUT2D eigenvalue weighted by Gasteiger charge is 2.49. The molecule has 4 aromatic carbocycles. The fourth-order valence-corrected chi connectivity index (χ4v) is 5.83. The van der Waals surface area contributed by atoms with Crippen LogP contribution in [-0.2, 0) is 0 Å². The molecule has 2 aliphatic rings. The Hall–Kier alpha value is -4.85. The standard InChI is InChI=1S/C34H29F2N3O3/c35-27-11-6-23(7-12-27)26-10-15-29(30(36)22-26)33(42)39-21-18-34(39)16-19-38(20-17-34)32(41)25-8-13-28(14-9-25)37-31(40)24-4-2-1-3-5-24/h1-15,22H,16-21H2,(H,37,40). The molecule has 0 atom stereocenters. The van der Waals surface area contributed by atoms with Gasteiger partial charge in [0.05, 0.1) is 5.56 Å². The summed E-state index contributed by atoms with van der Waals surface area (Å²) in [5.74, 6) is -1.66. The Morgan fingerprint density at radius 2 is 1.31 bits per heavy atom. The number of hydrogen-bond acceptors (Lipinski definition) is 3. The summed E-state index contributed by atoms with van der Waals surface area (Å²) in [6, 6.07) is 26.0. The molecule has 0 saturated carbocycles. The third-order valence-corrected chi connectivity index (χ3v) is 8.40. The third kappa shape index (κ3) is 5.28. The van der Waals surface area contributed by atoms with Crippen molar-refractivity contribution in [1.29, 1.82) is 0 Å². The van der Waals surface area contributed by atoms with E-state index in [2.05, 4.69) is 5.32 Å². The van der Waals surface area contributed by atoms with Crippen LogP contribution in [0.25, 0.3) is 11.1 Å². The number of anilines is 1. The van der Waals surface area contributed by atoms with Crippen molar-refractivity contribution in [2.75, 3.05) is 25.0 Å². The fourth-order valence-electron chi connectivity index (χ4n) is 5.83. The van der Waals surface area contributed by atoms with Crippen molar-refractivity contribution in [3.8, 4) is 11.1 Å². The zero-order valence-electron chi connectivity index (χ0n) is 22.9. The molecule has 8 heteroatoms. The molecule has 1 N–H and O–H groups in total. The highest BCUT2D eigenvalue weighted by molar-refractivity contribution is 6.04. The van der Waals surface area contributed by atoms with Crippen molar-refractivity contribution in [3.05, 3.63) is 125 Å². The summed E-state index contributed by atoms with van der Waals surface area (Å²) in [5, 5.41) is 2.83. The van der Waals surface area contributed by atoms with Crippen LogP contribution >= 0.6 is 0 Å². The Bertz CT molecular complexity index is 1630. The van der Waals surface area contributed by atoms with Crippen molar-refractivity contribution in [2.24, 2.45) is 0 Å². The molecule has 3 amide bonds. The van der Waals surface area contributed by atoms with Crippen LogP contribution in [0.2, 0.25) is 0 Å². The van der Waals surface area contributed by atoms with Crippen molar-refractivity contribution in [1.82, 2.24) is 9.80 Å². The average Bonchev–Trinajstić information content (AvgIpc) is 3.01. The number of benzene rings is 4. The minimum atomic E-state index is -0.611. The van der Waals surface area contributed by atoms with Gasteiger partial charge in [-0.2, -0.15) is 0 Å². The second-order valence-electron chi connectivity index (χ2n) is 10.8. The maximum absolute atomic E-state index is 15.1. The molecule has 0 radical (unpaired) electrons.